The molecule has 0 aromatic heterocycles. The standard InChI is InChI=1S/C19H23NO2/c1-4-17(22-18-8-6-5-7-15(18)3)19(21)20-13-16-11-9-14(2)10-12-16/h5-12,17H,4,13H2,1-3H3,(H,20,21). The van der Waals surface area contributed by atoms with E-state index >= 15 is 0 Å². The SMILES string of the molecule is CCC(Oc1ccccc1C)C(=O)NCc1ccc(C)cc1. The Kier molecular flexibility index (Phi) is 5.59. The van der Waals surface area contributed by atoms with Crippen molar-refractivity contribution in [1.82, 2.24) is 5.32 Å². The number of para-hydroxylation sites is 1. The molecule has 0 aliphatic carbocycles. The minimum absolute atomic E-state index is 0.0775. The molecule has 2 aromatic carbocycles. The van der Waals surface area contributed by atoms with Gasteiger partial charge in [-0.3, -0.25) is 4.79 Å². The van der Waals surface area contributed by atoms with Crippen LogP contribution in [0.3, 0.4) is 0 Å². The van der Waals surface area contributed by atoms with Crippen molar-refractivity contribution in [1.29, 1.82) is 0 Å². The molecule has 0 bridgehead atoms. The lowest BCUT2D eigenvalue weighted by Gasteiger charge is -2.18. The van der Waals surface area contributed by atoms with E-state index in [-0.39, 0.29) is 5.91 Å². The number of carbonyl (C=O) groups is 1. The highest BCUT2D eigenvalue weighted by Gasteiger charge is 2.18. The minimum Gasteiger partial charge on any atom is -0.480 e. The molecule has 22 heavy (non-hydrogen) atoms. The number of ether oxygens (including phenoxy) is 1. The Morgan fingerprint density at radius 2 is 1.77 bits per heavy atom. The summed E-state index contributed by atoms with van der Waals surface area (Å²) in [6.45, 7) is 6.50. The molecule has 0 spiro atoms. The lowest BCUT2D eigenvalue weighted by atomic mass is 10.1. The maximum Gasteiger partial charge on any atom is 0.261 e. The molecule has 1 N–H and O–H groups in total. The van der Waals surface area contributed by atoms with Gasteiger partial charge in [-0.15, -0.1) is 0 Å². The van der Waals surface area contributed by atoms with Crippen LogP contribution in [0.1, 0.15) is 30.0 Å². The van der Waals surface area contributed by atoms with E-state index in [2.05, 4.69) is 5.32 Å². The molecule has 2 rings (SSSR count). The first-order chi connectivity index (χ1) is 10.6. The van der Waals surface area contributed by atoms with Gasteiger partial charge in [0.15, 0.2) is 6.10 Å². The van der Waals surface area contributed by atoms with Crippen LogP contribution in [0.25, 0.3) is 0 Å². The van der Waals surface area contributed by atoms with Crippen LogP contribution in [-0.2, 0) is 11.3 Å². The Morgan fingerprint density at radius 3 is 2.41 bits per heavy atom. The number of amides is 1. The van der Waals surface area contributed by atoms with Crippen molar-refractivity contribution in [2.45, 2.75) is 39.8 Å². The first-order valence-corrected chi connectivity index (χ1v) is 7.65. The molecule has 1 atom stereocenters. The van der Waals surface area contributed by atoms with Gasteiger partial charge in [-0.25, -0.2) is 0 Å². The van der Waals surface area contributed by atoms with Gasteiger partial charge in [-0.05, 0) is 37.5 Å². The van der Waals surface area contributed by atoms with Crippen molar-refractivity contribution in [2.75, 3.05) is 0 Å². The van der Waals surface area contributed by atoms with Crippen LogP contribution in [0.2, 0.25) is 0 Å². The summed E-state index contributed by atoms with van der Waals surface area (Å²) in [4.78, 5) is 12.3. The van der Waals surface area contributed by atoms with E-state index in [4.69, 9.17) is 4.74 Å². The third-order valence-corrected chi connectivity index (χ3v) is 3.61. The summed E-state index contributed by atoms with van der Waals surface area (Å²) in [6.07, 6.45) is 0.167. The van der Waals surface area contributed by atoms with E-state index in [1.54, 1.807) is 0 Å². The number of nitrogens with one attached hydrogen (secondary N) is 1. The van der Waals surface area contributed by atoms with E-state index < -0.39 is 6.10 Å². The minimum atomic E-state index is -0.466. The van der Waals surface area contributed by atoms with Crippen molar-refractivity contribution in [2.24, 2.45) is 0 Å². The molecule has 1 amide bonds. The molecule has 1 unspecified atom stereocenters. The van der Waals surface area contributed by atoms with Gasteiger partial charge in [0.05, 0.1) is 0 Å². The zero-order valence-electron chi connectivity index (χ0n) is 13.4. The first kappa shape index (κ1) is 16.1. The summed E-state index contributed by atoms with van der Waals surface area (Å²) in [6, 6.07) is 15.9. The van der Waals surface area contributed by atoms with Crippen molar-refractivity contribution >= 4 is 5.91 Å². The van der Waals surface area contributed by atoms with Gasteiger partial charge >= 0.3 is 0 Å². The second-order valence-corrected chi connectivity index (χ2v) is 5.48. The smallest absolute Gasteiger partial charge is 0.261 e. The molecule has 3 nitrogen and oxygen atoms in total. The third-order valence-electron chi connectivity index (χ3n) is 3.61. The van der Waals surface area contributed by atoms with Gasteiger partial charge in [0.25, 0.3) is 5.91 Å². The molecular weight excluding hydrogens is 274 g/mol. The molecule has 3 heteroatoms. The topological polar surface area (TPSA) is 38.3 Å². The van der Waals surface area contributed by atoms with Gasteiger partial charge in [-0.2, -0.15) is 0 Å². The molecule has 0 aliphatic heterocycles. The fourth-order valence-corrected chi connectivity index (χ4v) is 2.17. The second-order valence-electron chi connectivity index (χ2n) is 5.48. The van der Waals surface area contributed by atoms with E-state index in [0.29, 0.717) is 13.0 Å². The first-order valence-electron chi connectivity index (χ1n) is 7.65. The van der Waals surface area contributed by atoms with E-state index in [0.717, 1.165) is 16.9 Å². The van der Waals surface area contributed by atoms with Gasteiger partial charge in [-0.1, -0.05) is 55.0 Å². The van der Waals surface area contributed by atoms with Crippen molar-refractivity contribution in [3.63, 3.8) is 0 Å². The number of aryl methyl sites for hydroxylation is 2. The third kappa shape index (κ3) is 4.35. The summed E-state index contributed by atoms with van der Waals surface area (Å²) in [7, 11) is 0. The fraction of sp³-hybridized carbons (Fsp3) is 0.316. The average Bonchev–Trinajstić information content (AvgIpc) is 2.53. The maximum absolute atomic E-state index is 12.3. The van der Waals surface area contributed by atoms with Crippen LogP contribution in [-0.4, -0.2) is 12.0 Å². The highest BCUT2D eigenvalue weighted by Crippen LogP contribution is 2.18. The van der Waals surface area contributed by atoms with Gasteiger partial charge in [0.2, 0.25) is 0 Å². The Morgan fingerprint density at radius 1 is 1.09 bits per heavy atom. The monoisotopic (exact) mass is 297 g/mol. The Bertz CT molecular complexity index is 620. The van der Waals surface area contributed by atoms with Gasteiger partial charge in [0.1, 0.15) is 5.75 Å². The number of hydrogen-bond acceptors (Lipinski definition) is 2. The van der Waals surface area contributed by atoms with Crippen molar-refractivity contribution in [3.8, 4) is 5.75 Å². The largest absolute Gasteiger partial charge is 0.480 e. The molecule has 0 radical (unpaired) electrons. The van der Waals surface area contributed by atoms with E-state index in [9.17, 15) is 4.79 Å². The predicted octanol–water partition coefficient (Wildman–Crippen LogP) is 3.78. The molecule has 0 aliphatic rings. The Hall–Kier alpha value is -2.29. The normalized spacial score (nSPS) is 11.8. The fourth-order valence-electron chi connectivity index (χ4n) is 2.17. The Balaban J connectivity index is 1.94. The van der Waals surface area contributed by atoms with Crippen LogP contribution in [0.4, 0.5) is 0 Å². The van der Waals surface area contributed by atoms with E-state index in [1.807, 2.05) is 69.3 Å². The predicted molar refractivity (Wildman–Crippen MR) is 88.9 cm³/mol. The quantitative estimate of drug-likeness (QED) is 0.881. The molecular formula is C19H23NO2. The average molecular weight is 297 g/mol. The highest BCUT2D eigenvalue weighted by molar-refractivity contribution is 5.81. The summed E-state index contributed by atoms with van der Waals surface area (Å²) in [5.74, 6) is 0.686. The number of rotatable bonds is 6. The van der Waals surface area contributed by atoms with Crippen LogP contribution < -0.4 is 10.1 Å². The van der Waals surface area contributed by atoms with Crippen molar-refractivity contribution < 1.29 is 9.53 Å². The summed E-state index contributed by atoms with van der Waals surface area (Å²) < 4.78 is 5.85. The molecule has 2 aromatic rings. The number of hydrogen-bond donors (Lipinski definition) is 1. The summed E-state index contributed by atoms with van der Waals surface area (Å²) in [5.41, 5.74) is 3.33. The summed E-state index contributed by atoms with van der Waals surface area (Å²) in [5, 5.41) is 2.95. The molecule has 0 saturated heterocycles. The van der Waals surface area contributed by atoms with Crippen LogP contribution in [0.15, 0.2) is 48.5 Å². The zero-order chi connectivity index (χ0) is 15.9. The van der Waals surface area contributed by atoms with Crippen LogP contribution >= 0.6 is 0 Å². The lowest BCUT2D eigenvalue weighted by molar-refractivity contribution is -0.128. The molecule has 116 valence electrons. The second kappa shape index (κ2) is 7.64. The van der Waals surface area contributed by atoms with Gasteiger partial charge < -0.3 is 10.1 Å². The van der Waals surface area contributed by atoms with Crippen molar-refractivity contribution in [3.05, 3.63) is 65.2 Å². The molecule has 0 fully saturated rings. The Labute approximate surface area is 132 Å². The van der Waals surface area contributed by atoms with E-state index in [1.165, 1.54) is 5.56 Å². The number of benzene rings is 2. The van der Waals surface area contributed by atoms with Crippen LogP contribution in [0, 0.1) is 13.8 Å². The van der Waals surface area contributed by atoms with Gasteiger partial charge in [0, 0.05) is 6.54 Å². The maximum atomic E-state index is 12.3. The summed E-state index contributed by atoms with van der Waals surface area (Å²) >= 11 is 0. The highest BCUT2D eigenvalue weighted by atomic mass is 16.5. The zero-order valence-corrected chi connectivity index (χ0v) is 13.4. The lowest BCUT2D eigenvalue weighted by Crippen LogP contribution is -2.37. The van der Waals surface area contributed by atoms with Crippen LogP contribution in [0.5, 0.6) is 5.75 Å². The molecule has 0 saturated carbocycles. The number of carbonyl (C=O) groups excluding carboxylic acids is 1. The molecule has 0 heterocycles.